The average molecular weight is 230 g/mol. The molecule has 0 aliphatic carbocycles. The lowest BCUT2D eigenvalue weighted by atomic mass is 10.1. The van der Waals surface area contributed by atoms with Crippen molar-refractivity contribution in [3.05, 3.63) is 47.3 Å². The van der Waals surface area contributed by atoms with E-state index in [4.69, 9.17) is 5.11 Å². The number of ketones is 1. The van der Waals surface area contributed by atoms with Crippen molar-refractivity contribution in [1.29, 1.82) is 0 Å². The van der Waals surface area contributed by atoms with E-state index in [2.05, 4.69) is 5.10 Å². The number of aliphatic hydroxyl groups is 1. The van der Waals surface area contributed by atoms with Gasteiger partial charge in [-0.05, 0) is 38.1 Å². The lowest BCUT2D eigenvalue weighted by Crippen LogP contribution is -1.97. The number of Topliss-reactive ketones (excluding diaryl/α,β-unsaturated/α-hetero) is 1. The smallest absolute Gasteiger partial charge is 0.159 e. The summed E-state index contributed by atoms with van der Waals surface area (Å²) in [5.74, 6) is 0.0456. The molecule has 0 aliphatic rings. The average Bonchev–Trinajstić information content (AvgIpc) is 2.70. The predicted octanol–water partition coefficient (Wildman–Crippen LogP) is 1.88. The number of rotatable bonds is 3. The highest BCUT2D eigenvalue weighted by atomic mass is 16.3. The second-order valence-electron chi connectivity index (χ2n) is 3.95. The maximum absolute atomic E-state index is 11.1. The molecule has 1 N–H and O–H groups in total. The van der Waals surface area contributed by atoms with Crippen molar-refractivity contribution in [1.82, 2.24) is 9.78 Å². The largest absolute Gasteiger partial charge is 0.392 e. The van der Waals surface area contributed by atoms with Crippen LogP contribution < -0.4 is 0 Å². The summed E-state index contributed by atoms with van der Waals surface area (Å²) in [4.78, 5) is 11.1. The minimum absolute atomic E-state index is 0.0165. The van der Waals surface area contributed by atoms with Gasteiger partial charge in [0.05, 0.1) is 18.0 Å². The van der Waals surface area contributed by atoms with E-state index in [1.165, 1.54) is 6.92 Å². The molecule has 0 saturated heterocycles. The number of benzene rings is 1. The van der Waals surface area contributed by atoms with Gasteiger partial charge in [0.2, 0.25) is 0 Å². The zero-order valence-electron chi connectivity index (χ0n) is 9.84. The van der Waals surface area contributed by atoms with E-state index in [0.717, 1.165) is 16.9 Å². The third kappa shape index (κ3) is 2.26. The van der Waals surface area contributed by atoms with Crippen LogP contribution in [0, 0.1) is 6.92 Å². The molecule has 1 heterocycles. The molecular formula is C13H14N2O2. The summed E-state index contributed by atoms with van der Waals surface area (Å²) in [6.07, 6.45) is 1.79. The van der Waals surface area contributed by atoms with Crippen LogP contribution >= 0.6 is 0 Å². The van der Waals surface area contributed by atoms with Gasteiger partial charge in [-0.15, -0.1) is 0 Å². The molecule has 2 aromatic rings. The van der Waals surface area contributed by atoms with Crippen molar-refractivity contribution in [2.24, 2.45) is 0 Å². The van der Waals surface area contributed by atoms with Gasteiger partial charge in [-0.2, -0.15) is 5.10 Å². The van der Waals surface area contributed by atoms with E-state index in [1.54, 1.807) is 23.0 Å². The monoisotopic (exact) mass is 230 g/mol. The Labute approximate surface area is 99.5 Å². The molecular weight excluding hydrogens is 216 g/mol. The highest BCUT2D eigenvalue weighted by molar-refractivity contribution is 5.94. The van der Waals surface area contributed by atoms with Crippen molar-refractivity contribution in [2.75, 3.05) is 0 Å². The summed E-state index contributed by atoms with van der Waals surface area (Å²) in [5, 5.41) is 13.4. The molecule has 1 aromatic carbocycles. The summed E-state index contributed by atoms with van der Waals surface area (Å²) < 4.78 is 1.70. The van der Waals surface area contributed by atoms with Gasteiger partial charge in [0.1, 0.15) is 0 Å². The summed E-state index contributed by atoms with van der Waals surface area (Å²) in [6.45, 7) is 3.38. The lowest BCUT2D eigenvalue weighted by molar-refractivity contribution is 0.101. The van der Waals surface area contributed by atoms with Gasteiger partial charge < -0.3 is 5.11 Å². The van der Waals surface area contributed by atoms with Gasteiger partial charge in [-0.1, -0.05) is 0 Å². The van der Waals surface area contributed by atoms with Crippen molar-refractivity contribution in [3.63, 3.8) is 0 Å². The second kappa shape index (κ2) is 4.51. The van der Waals surface area contributed by atoms with Crippen molar-refractivity contribution in [2.45, 2.75) is 20.5 Å². The Hall–Kier alpha value is -1.94. The SMILES string of the molecule is CC(=O)c1ccc(-n2cc(CO)c(C)n2)cc1. The van der Waals surface area contributed by atoms with E-state index in [-0.39, 0.29) is 12.4 Å². The molecule has 0 bridgehead atoms. The molecule has 0 radical (unpaired) electrons. The van der Waals surface area contributed by atoms with E-state index in [9.17, 15) is 4.79 Å². The van der Waals surface area contributed by atoms with Crippen LogP contribution in [0.5, 0.6) is 0 Å². The quantitative estimate of drug-likeness (QED) is 0.819. The van der Waals surface area contributed by atoms with Gasteiger partial charge in [-0.25, -0.2) is 4.68 Å². The Balaban J connectivity index is 2.36. The molecule has 0 fully saturated rings. The van der Waals surface area contributed by atoms with Crippen LogP contribution in [0.2, 0.25) is 0 Å². The molecule has 4 heteroatoms. The number of carbonyl (C=O) groups excluding carboxylic acids is 1. The minimum atomic E-state index is -0.0165. The van der Waals surface area contributed by atoms with Crippen molar-refractivity contribution in [3.8, 4) is 5.69 Å². The first-order chi connectivity index (χ1) is 8.11. The Morgan fingerprint density at radius 3 is 2.47 bits per heavy atom. The minimum Gasteiger partial charge on any atom is -0.392 e. The first-order valence-electron chi connectivity index (χ1n) is 5.39. The van der Waals surface area contributed by atoms with Gasteiger partial charge in [0, 0.05) is 17.3 Å². The van der Waals surface area contributed by atoms with E-state index >= 15 is 0 Å². The van der Waals surface area contributed by atoms with Gasteiger partial charge in [-0.3, -0.25) is 4.79 Å². The Morgan fingerprint density at radius 2 is 2.00 bits per heavy atom. The first kappa shape index (κ1) is 11.5. The summed E-state index contributed by atoms with van der Waals surface area (Å²) >= 11 is 0. The van der Waals surface area contributed by atoms with Crippen LogP contribution in [-0.2, 0) is 6.61 Å². The number of aliphatic hydroxyl groups excluding tert-OH is 1. The van der Waals surface area contributed by atoms with Gasteiger partial charge in [0.15, 0.2) is 5.78 Å². The molecule has 17 heavy (non-hydrogen) atoms. The number of carbonyl (C=O) groups is 1. The van der Waals surface area contributed by atoms with E-state index in [0.29, 0.717) is 5.56 Å². The molecule has 0 amide bonds. The fourth-order valence-corrected chi connectivity index (χ4v) is 1.63. The van der Waals surface area contributed by atoms with Crippen LogP contribution in [0.15, 0.2) is 30.5 Å². The first-order valence-corrected chi connectivity index (χ1v) is 5.39. The zero-order chi connectivity index (χ0) is 12.4. The summed E-state index contributed by atoms with van der Waals surface area (Å²) in [7, 11) is 0. The number of nitrogens with zero attached hydrogens (tertiary/aromatic N) is 2. The number of aryl methyl sites for hydroxylation is 1. The second-order valence-corrected chi connectivity index (χ2v) is 3.95. The Morgan fingerprint density at radius 1 is 1.35 bits per heavy atom. The molecule has 0 unspecified atom stereocenters. The highest BCUT2D eigenvalue weighted by Crippen LogP contribution is 2.13. The molecule has 0 saturated carbocycles. The molecule has 0 atom stereocenters. The lowest BCUT2D eigenvalue weighted by Gasteiger charge is -2.01. The zero-order valence-corrected chi connectivity index (χ0v) is 9.84. The fourth-order valence-electron chi connectivity index (χ4n) is 1.63. The van der Waals surface area contributed by atoms with E-state index in [1.807, 2.05) is 19.1 Å². The fraction of sp³-hybridized carbons (Fsp3) is 0.231. The van der Waals surface area contributed by atoms with Gasteiger partial charge in [0.25, 0.3) is 0 Å². The number of hydrogen-bond donors (Lipinski definition) is 1. The van der Waals surface area contributed by atoms with Crippen LogP contribution in [0.1, 0.15) is 28.5 Å². The van der Waals surface area contributed by atoms with Crippen molar-refractivity contribution < 1.29 is 9.90 Å². The normalized spacial score (nSPS) is 10.5. The van der Waals surface area contributed by atoms with Gasteiger partial charge >= 0.3 is 0 Å². The van der Waals surface area contributed by atoms with Crippen LogP contribution in [0.4, 0.5) is 0 Å². The maximum atomic E-state index is 11.1. The van der Waals surface area contributed by atoms with E-state index < -0.39 is 0 Å². The molecule has 88 valence electrons. The number of hydrogen-bond acceptors (Lipinski definition) is 3. The summed E-state index contributed by atoms with van der Waals surface area (Å²) in [6, 6.07) is 7.22. The Kier molecular flexibility index (Phi) is 3.06. The third-order valence-corrected chi connectivity index (χ3v) is 2.71. The predicted molar refractivity (Wildman–Crippen MR) is 64.2 cm³/mol. The number of aromatic nitrogens is 2. The van der Waals surface area contributed by atoms with Crippen LogP contribution in [-0.4, -0.2) is 20.7 Å². The van der Waals surface area contributed by atoms with Crippen molar-refractivity contribution >= 4 is 5.78 Å². The molecule has 2 rings (SSSR count). The maximum Gasteiger partial charge on any atom is 0.159 e. The topological polar surface area (TPSA) is 55.1 Å². The highest BCUT2D eigenvalue weighted by Gasteiger charge is 2.05. The molecule has 0 aliphatic heterocycles. The Bertz CT molecular complexity index is 541. The van der Waals surface area contributed by atoms with Crippen LogP contribution in [0.3, 0.4) is 0 Å². The molecule has 4 nitrogen and oxygen atoms in total. The molecule has 0 spiro atoms. The third-order valence-electron chi connectivity index (χ3n) is 2.71. The van der Waals surface area contributed by atoms with Crippen LogP contribution in [0.25, 0.3) is 5.69 Å². The standard InChI is InChI=1S/C13H14N2O2/c1-9-12(8-16)7-15(14-9)13-5-3-11(4-6-13)10(2)17/h3-7,16H,8H2,1-2H3. The molecule has 1 aromatic heterocycles. The summed E-state index contributed by atoms with van der Waals surface area (Å²) in [5.41, 5.74) is 3.17.